The number of nitrogens with two attached hydrogens (primary N) is 1. The molecule has 0 saturated carbocycles. The van der Waals surface area contributed by atoms with Crippen LogP contribution in [0.25, 0.3) is 0 Å². The van der Waals surface area contributed by atoms with E-state index in [1.54, 1.807) is 0 Å². The molecule has 0 heterocycles. The Hall–Kier alpha value is -0.530. The molecule has 0 aliphatic heterocycles. The summed E-state index contributed by atoms with van der Waals surface area (Å²) in [5.74, 6) is 0. The summed E-state index contributed by atoms with van der Waals surface area (Å²) < 4.78 is 0. The van der Waals surface area contributed by atoms with Crippen molar-refractivity contribution in [1.29, 1.82) is 0 Å². The predicted octanol–water partition coefficient (Wildman–Crippen LogP) is 2.23. The van der Waals surface area contributed by atoms with Gasteiger partial charge in [-0.05, 0) is 43.5 Å². The van der Waals surface area contributed by atoms with Crippen LogP contribution in [-0.2, 0) is 6.42 Å². The summed E-state index contributed by atoms with van der Waals surface area (Å²) >= 11 is 0. The third-order valence-electron chi connectivity index (χ3n) is 2.00. The Morgan fingerprint density at radius 3 is 2.33 bits per heavy atom. The third-order valence-corrected chi connectivity index (χ3v) is 2.00. The minimum atomic E-state index is 0. The Morgan fingerprint density at radius 1 is 1.17 bits per heavy atom. The van der Waals surface area contributed by atoms with Gasteiger partial charge in [0.15, 0.2) is 0 Å². The van der Waals surface area contributed by atoms with Crippen LogP contribution in [-0.4, -0.2) is 6.54 Å². The minimum Gasteiger partial charge on any atom is -0.330 e. The van der Waals surface area contributed by atoms with E-state index in [0.717, 1.165) is 13.0 Å². The molecule has 68 valence electrons. The van der Waals surface area contributed by atoms with Crippen LogP contribution in [0.2, 0.25) is 0 Å². The normalized spacial score (nSPS) is 9.25. The van der Waals surface area contributed by atoms with Gasteiger partial charge in [0.25, 0.3) is 0 Å². The molecule has 2 heteroatoms. The molecule has 0 unspecified atom stereocenters. The lowest BCUT2D eigenvalue weighted by atomic mass is 10.0. The van der Waals surface area contributed by atoms with Gasteiger partial charge >= 0.3 is 0 Å². The molecule has 1 aromatic carbocycles. The van der Waals surface area contributed by atoms with E-state index in [9.17, 15) is 0 Å². The van der Waals surface area contributed by atoms with Gasteiger partial charge < -0.3 is 5.73 Å². The van der Waals surface area contributed by atoms with E-state index >= 15 is 0 Å². The molecule has 0 amide bonds. The highest BCUT2D eigenvalue weighted by Gasteiger charge is 1.94. The topological polar surface area (TPSA) is 26.0 Å². The second-order valence-electron chi connectivity index (χ2n) is 2.96. The van der Waals surface area contributed by atoms with Gasteiger partial charge in [0.2, 0.25) is 0 Å². The van der Waals surface area contributed by atoms with Crippen molar-refractivity contribution in [3.05, 3.63) is 34.9 Å². The zero-order chi connectivity index (χ0) is 8.27. The summed E-state index contributed by atoms with van der Waals surface area (Å²) in [7, 11) is 0. The van der Waals surface area contributed by atoms with Crippen LogP contribution < -0.4 is 5.73 Å². The van der Waals surface area contributed by atoms with Crippen molar-refractivity contribution in [3.63, 3.8) is 0 Å². The van der Waals surface area contributed by atoms with Gasteiger partial charge in [-0.15, -0.1) is 12.4 Å². The number of hydrogen-bond acceptors (Lipinski definition) is 1. The van der Waals surface area contributed by atoms with E-state index in [2.05, 4.69) is 32.0 Å². The maximum atomic E-state index is 5.45. The van der Waals surface area contributed by atoms with Crippen LogP contribution in [0.1, 0.15) is 16.7 Å². The molecule has 0 saturated heterocycles. The van der Waals surface area contributed by atoms with Crippen molar-refractivity contribution in [3.8, 4) is 0 Å². The monoisotopic (exact) mass is 185 g/mol. The second kappa shape index (κ2) is 5.18. The summed E-state index contributed by atoms with van der Waals surface area (Å²) in [4.78, 5) is 0. The molecule has 0 atom stereocenters. The molecular weight excluding hydrogens is 170 g/mol. The summed E-state index contributed by atoms with van der Waals surface area (Å²) in [5, 5.41) is 0. The van der Waals surface area contributed by atoms with Gasteiger partial charge in [0.05, 0.1) is 0 Å². The molecule has 1 nitrogen and oxygen atoms in total. The maximum Gasteiger partial charge on any atom is -0.00367 e. The summed E-state index contributed by atoms with van der Waals surface area (Å²) in [5.41, 5.74) is 9.50. The molecule has 0 fully saturated rings. The van der Waals surface area contributed by atoms with E-state index in [0.29, 0.717) is 0 Å². The Labute approximate surface area is 80.4 Å². The molecule has 0 aliphatic carbocycles. The lowest BCUT2D eigenvalue weighted by molar-refractivity contribution is 0.965. The van der Waals surface area contributed by atoms with E-state index in [4.69, 9.17) is 5.73 Å². The van der Waals surface area contributed by atoms with E-state index in [1.807, 2.05) is 0 Å². The Kier molecular flexibility index (Phi) is 4.95. The molecule has 0 bridgehead atoms. The fraction of sp³-hybridized carbons (Fsp3) is 0.400. The summed E-state index contributed by atoms with van der Waals surface area (Å²) in [6, 6.07) is 6.51. The smallest absolute Gasteiger partial charge is 0.00367 e. The van der Waals surface area contributed by atoms with Crippen molar-refractivity contribution in [1.82, 2.24) is 0 Å². The van der Waals surface area contributed by atoms with Gasteiger partial charge in [-0.25, -0.2) is 0 Å². The zero-order valence-corrected chi connectivity index (χ0v) is 8.45. The van der Waals surface area contributed by atoms with Crippen molar-refractivity contribution < 1.29 is 0 Å². The number of halogens is 1. The molecule has 2 N–H and O–H groups in total. The molecule has 1 rings (SSSR count). The molecule has 0 radical (unpaired) electrons. The summed E-state index contributed by atoms with van der Waals surface area (Å²) in [6.45, 7) is 5.00. The van der Waals surface area contributed by atoms with E-state index < -0.39 is 0 Å². The highest BCUT2D eigenvalue weighted by Crippen LogP contribution is 2.09. The van der Waals surface area contributed by atoms with Gasteiger partial charge in [-0.2, -0.15) is 0 Å². The van der Waals surface area contributed by atoms with Gasteiger partial charge in [-0.3, -0.25) is 0 Å². The first kappa shape index (κ1) is 11.5. The van der Waals surface area contributed by atoms with Crippen LogP contribution >= 0.6 is 12.4 Å². The SMILES string of the molecule is Cc1ccc(CCN)cc1C.Cl. The quantitative estimate of drug-likeness (QED) is 0.752. The number of benzene rings is 1. The molecule has 0 aliphatic rings. The Bertz CT molecular complexity index is 246. The first-order chi connectivity index (χ1) is 5.24. The second-order valence-corrected chi connectivity index (χ2v) is 2.96. The number of hydrogen-bond donors (Lipinski definition) is 1. The highest BCUT2D eigenvalue weighted by molar-refractivity contribution is 5.85. The first-order valence-electron chi connectivity index (χ1n) is 4.00. The fourth-order valence-corrected chi connectivity index (χ4v) is 1.13. The van der Waals surface area contributed by atoms with Crippen LogP contribution in [0.5, 0.6) is 0 Å². The van der Waals surface area contributed by atoms with Crippen LogP contribution in [0, 0.1) is 13.8 Å². The lowest BCUT2D eigenvalue weighted by Crippen LogP contribution is -2.02. The molecule has 1 aromatic rings. The van der Waals surface area contributed by atoms with Gasteiger partial charge in [0, 0.05) is 0 Å². The maximum absolute atomic E-state index is 5.45. The fourth-order valence-electron chi connectivity index (χ4n) is 1.13. The first-order valence-corrected chi connectivity index (χ1v) is 4.00. The van der Waals surface area contributed by atoms with E-state index in [1.165, 1.54) is 16.7 Å². The molecule has 12 heavy (non-hydrogen) atoms. The Morgan fingerprint density at radius 2 is 1.83 bits per heavy atom. The van der Waals surface area contributed by atoms with E-state index in [-0.39, 0.29) is 12.4 Å². The number of rotatable bonds is 2. The van der Waals surface area contributed by atoms with Crippen LogP contribution in [0.3, 0.4) is 0 Å². The zero-order valence-electron chi connectivity index (χ0n) is 7.63. The Balaban J connectivity index is 0.00000121. The largest absolute Gasteiger partial charge is 0.330 e. The summed E-state index contributed by atoms with van der Waals surface area (Å²) in [6.07, 6.45) is 0.987. The lowest BCUT2D eigenvalue weighted by Gasteiger charge is -2.02. The van der Waals surface area contributed by atoms with Crippen molar-refractivity contribution in [2.24, 2.45) is 5.73 Å². The molecule has 0 aromatic heterocycles. The van der Waals surface area contributed by atoms with Gasteiger partial charge in [-0.1, -0.05) is 18.2 Å². The van der Waals surface area contributed by atoms with Gasteiger partial charge in [0.1, 0.15) is 0 Å². The van der Waals surface area contributed by atoms with Crippen molar-refractivity contribution >= 4 is 12.4 Å². The standard InChI is InChI=1S/C10H15N.ClH/c1-8-3-4-10(5-6-11)7-9(8)2;/h3-4,7H,5-6,11H2,1-2H3;1H. The average Bonchev–Trinajstić information content (AvgIpc) is 1.98. The van der Waals surface area contributed by atoms with Crippen molar-refractivity contribution in [2.75, 3.05) is 6.54 Å². The number of aryl methyl sites for hydroxylation is 2. The minimum absolute atomic E-state index is 0. The predicted molar refractivity (Wildman–Crippen MR) is 55.9 cm³/mol. The average molecular weight is 186 g/mol. The van der Waals surface area contributed by atoms with Crippen LogP contribution in [0.15, 0.2) is 18.2 Å². The molecular formula is C10H16ClN. The highest BCUT2D eigenvalue weighted by atomic mass is 35.5. The van der Waals surface area contributed by atoms with Crippen LogP contribution in [0.4, 0.5) is 0 Å². The third kappa shape index (κ3) is 2.84. The molecule has 0 spiro atoms. The van der Waals surface area contributed by atoms with Crippen molar-refractivity contribution in [2.45, 2.75) is 20.3 Å².